The van der Waals surface area contributed by atoms with Crippen LogP contribution in [0.1, 0.15) is 42.3 Å². The van der Waals surface area contributed by atoms with E-state index in [0.717, 1.165) is 5.56 Å². The fraction of sp³-hybridized carbons (Fsp3) is 0.438. The molecule has 0 saturated carbocycles. The summed E-state index contributed by atoms with van der Waals surface area (Å²) >= 11 is 0. The van der Waals surface area contributed by atoms with Crippen molar-refractivity contribution in [2.45, 2.75) is 39.4 Å². The second-order valence-electron chi connectivity index (χ2n) is 5.51. The van der Waals surface area contributed by atoms with Crippen LogP contribution >= 0.6 is 0 Å². The van der Waals surface area contributed by atoms with Gasteiger partial charge >= 0.3 is 6.18 Å². The Kier molecular flexibility index (Phi) is 4.49. The zero-order valence-corrected chi connectivity index (χ0v) is 13.0. The van der Waals surface area contributed by atoms with Crippen molar-refractivity contribution in [3.63, 3.8) is 0 Å². The number of aromatic nitrogens is 2. The third kappa shape index (κ3) is 3.26. The highest BCUT2D eigenvalue weighted by Crippen LogP contribution is 2.36. The van der Waals surface area contributed by atoms with Gasteiger partial charge in [0.05, 0.1) is 13.7 Å². The van der Waals surface area contributed by atoms with E-state index in [1.807, 2.05) is 12.1 Å². The average Bonchev–Trinajstić information content (AvgIpc) is 2.77. The molecule has 0 spiro atoms. The van der Waals surface area contributed by atoms with Crippen molar-refractivity contribution in [1.82, 2.24) is 9.78 Å². The van der Waals surface area contributed by atoms with Gasteiger partial charge in [0.1, 0.15) is 5.75 Å². The van der Waals surface area contributed by atoms with E-state index in [4.69, 9.17) is 4.74 Å². The smallest absolute Gasteiger partial charge is 0.435 e. The highest BCUT2D eigenvalue weighted by atomic mass is 19.4. The van der Waals surface area contributed by atoms with Crippen molar-refractivity contribution in [3.8, 4) is 5.75 Å². The number of halogens is 3. The SMILES string of the molecule is COc1ccc(Cn2nc(C(F)(F)F)c(C(C)C)c2C)cc1. The van der Waals surface area contributed by atoms with E-state index in [1.54, 1.807) is 40.0 Å². The molecule has 0 aliphatic heterocycles. The first kappa shape index (κ1) is 16.4. The molecule has 1 aromatic carbocycles. The van der Waals surface area contributed by atoms with Gasteiger partial charge in [-0.05, 0) is 30.5 Å². The standard InChI is InChI=1S/C16H19F3N2O/c1-10(2)14-11(3)21(20-15(14)16(17,18)19)9-12-5-7-13(22-4)8-6-12/h5-8,10H,9H2,1-4H3. The molecule has 6 heteroatoms. The van der Waals surface area contributed by atoms with Crippen LogP contribution in [0.5, 0.6) is 5.75 Å². The average molecular weight is 312 g/mol. The Hall–Kier alpha value is -1.98. The summed E-state index contributed by atoms with van der Waals surface area (Å²) < 4.78 is 45.9. The molecule has 0 aliphatic carbocycles. The van der Waals surface area contributed by atoms with Gasteiger partial charge < -0.3 is 4.74 Å². The highest BCUT2D eigenvalue weighted by molar-refractivity contribution is 5.32. The van der Waals surface area contributed by atoms with Crippen LogP contribution in [0.15, 0.2) is 24.3 Å². The van der Waals surface area contributed by atoms with Crippen LogP contribution in [-0.4, -0.2) is 16.9 Å². The van der Waals surface area contributed by atoms with Crippen LogP contribution in [0.2, 0.25) is 0 Å². The summed E-state index contributed by atoms with van der Waals surface area (Å²) in [5.41, 5.74) is 0.906. The maximum absolute atomic E-state index is 13.1. The van der Waals surface area contributed by atoms with Crippen LogP contribution in [0, 0.1) is 6.92 Å². The van der Waals surface area contributed by atoms with Gasteiger partial charge in [0, 0.05) is 11.3 Å². The van der Waals surface area contributed by atoms with E-state index in [9.17, 15) is 13.2 Å². The fourth-order valence-corrected chi connectivity index (χ4v) is 2.52. The van der Waals surface area contributed by atoms with Crippen LogP contribution in [0.4, 0.5) is 13.2 Å². The Balaban J connectivity index is 2.39. The lowest BCUT2D eigenvalue weighted by atomic mass is 10.0. The summed E-state index contributed by atoms with van der Waals surface area (Å²) in [7, 11) is 1.57. The van der Waals surface area contributed by atoms with Gasteiger partial charge in [-0.3, -0.25) is 4.68 Å². The summed E-state index contributed by atoms with van der Waals surface area (Å²) in [5.74, 6) is 0.473. The Morgan fingerprint density at radius 1 is 1.18 bits per heavy atom. The minimum atomic E-state index is -4.43. The molecule has 22 heavy (non-hydrogen) atoms. The molecule has 0 atom stereocenters. The van der Waals surface area contributed by atoms with Crippen LogP contribution in [0.3, 0.4) is 0 Å². The minimum Gasteiger partial charge on any atom is -0.497 e. The predicted molar refractivity (Wildman–Crippen MR) is 78.2 cm³/mol. The molecule has 0 amide bonds. The van der Waals surface area contributed by atoms with Gasteiger partial charge in [-0.25, -0.2) is 0 Å². The second kappa shape index (κ2) is 6.02. The number of hydrogen-bond acceptors (Lipinski definition) is 2. The third-order valence-electron chi connectivity index (χ3n) is 3.59. The number of benzene rings is 1. The Bertz CT molecular complexity index is 643. The molecule has 120 valence electrons. The summed E-state index contributed by atoms with van der Waals surface area (Å²) in [6.45, 7) is 5.47. The van der Waals surface area contributed by atoms with Crippen LogP contribution in [-0.2, 0) is 12.7 Å². The number of methoxy groups -OCH3 is 1. The van der Waals surface area contributed by atoms with E-state index in [2.05, 4.69) is 5.10 Å². The normalized spacial score (nSPS) is 12.0. The maximum atomic E-state index is 13.1. The van der Waals surface area contributed by atoms with Crippen molar-refractivity contribution in [2.75, 3.05) is 7.11 Å². The molecule has 1 heterocycles. The number of ether oxygens (including phenoxy) is 1. The number of hydrogen-bond donors (Lipinski definition) is 0. The monoisotopic (exact) mass is 312 g/mol. The molecular weight excluding hydrogens is 293 g/mol. The number of alkyl halides is 3. The van der Waals surface area contributed by atoms with Gasteiger partial charge in [-0.15, -0.1) is 0 Å². The van der Waals surface area contributed by atoms with Crippen molar-refractivity contribution in [1.29, 1.82) is 0 Å². The summed E-state index contributed by atoms with van der Waals surface area (Å²) in [5, 5.41) is 3.80. The van der Waals surface area contributed by atoms with Gasteiger partial charge in [-0.1, -0.05) is 26.0 Å². The van der Waals surface area contributed by atoms with Crippen molar-refractivity contribution < 1.29 is 17.9 Å². The lowest BCUT2D eigenvalue weighted by Crippen LogP contribution is -2.10. The topological polar surface area (TPSA) is 27.1 Å². The summed E-state index contributed by atoms with van der Waals surface area (Å²) in [4.78, 5) is 0. The number of rotatable bonds is 4. The minimum absolute atomic E-state index is 0.235. The first-order chi connectivity index (χ1) is 10.2. The molecule has 0 bridgehead atoms. The lowest BCUT2D eigenvalue weighted by molar-refractivity contribution is -0.142. The molecule has 2 aromatic rings. The summed E-state index contributed by atoms with van der Waals surface area (Å²) in [6.07, 6.45) is -4.43. The van der Waals surface area contributed by atoms with E-state index >= 15 is 0 Å². The van der Waals surface area contributed by atoms with Gasteiger partial charge in [0.25, 0.3) is 0 Å². The van der Waals surface area contributed by atoms with Crippen molar-refractivity contribution in [3.05, 3.63) is 46.8 Å². The molecule has 3 nitrogen and oxygen atoms in total. The first-order valence-corrected chi connectivity index (χ1v) is 7.01. The Morgan fingerprint density at radius 2 is 1.77 bits per heavy atom. The van der Waals surface area contributed by atoms with Crippen LogP contribution in [0.25, 0.3) is 0 Å². The Morgan fingerprint density at radius 3 is 2.18 bits per heavy atom. The molecule has 0 unspecified atom stereocenters. The largest absolute Gasteiger partial charge is 0.497 e. The second-order valence-corrected chi connectivity index (χ2v) is 5.51. The fourth-order valence-electron chi connectivity index (χ4n) is 2.52. The first-order valence-electron chi connectivity index (χ1n) is 7.01. The van der Waals surface area contributed by atoms with E-state index in [-0.39, 0.29) is 11.5 Å². The van der Waals surface area contributed by atoms with Gasteiger partial charge in [-0.2, -0.15) is 18.3 Å². The molecule has 1 aromatic heterocycles. The molecule has 0 fully saturated rings. The lowest BCUT2D eigenvalue weighted by Gasteiger charge is -2.09. The van der Waals surface area contributed by atoms with Gasteiger partial charge in [0.2, 0.25) is 0 Å². The van der Waals surface area contributed by atoms with E-state index in [0.29, 0.717) is 18.0 Å². The quantitative estimate of drug-likeness (QED) is 0.837. The molecule has 0 radical (unpaired) electrons. The zero-order chi connectivity index (χ0) is 16.5. The molecule has 0 N–H and O–H groups in total. The van der Waals surface area contributed by atoms with Crippen molar-refractivity contribution in [2.24, 2.45) is 0 Å². The molecule has 0 aliphatic rings. The molecular formula is C16H19F3N2O. The van der Waals surface area contributed by atoms with E-state index in [1.165, 1.54) is 4.68 Å². The van der Waals surface area contributed by atoms with Crippen LogP contribution < -0.4 is 4.74 Å². The number of nitrogens with zero attached hydrogens (tertiary/aromatic N) is 2. The summed E-state index contributed by atoms with van der Waals surface area (Å²) in [6, 6.07) is 7.20. The van der Waals surface area contributed by atoms with Crippen molar-refractivity contribution >= 4 is 0 Å². The van der Waals surface area contributed by atoms with E-state index < -0.39 is 11.9 Å². The van der Waals surface area contributed by atoms with Gasteiger partial charge in [0.15, 0.2) is 5.69 Å². The maximum Gasteiger partial charge on any atom is 0.435 e. The third-order valence-corrected chi connectivity index (χ3v) is 3.59. The molecule has 2 rings (SSSR count). The Labute approximate surface area is 127 Å². The molecule has 0 saturated heterocycles. The zero-order valence-electron chi connectivity index (χ0n) is 13.0. The predicted octanol–water partition coefficient (Wildman–Crippen LogP) is 4.39. The highest BCUT2D eigenvalue weighted by Gasteiger charge is 2.39.